The molecule has 0 aliphatic carbocycles. The van der Waals surface area contributed by atoms with Crippen molar-refractivity contribution >= 4 is 23.2 Å². The molecule has 0 unspecified atom stereocenters. The summed E-state index contributed by atoms with van der Waals surface area (Å²) in [6, 6.07) is 10.5. The molecule has 2 aromatic heterocycles. The first kappa shape index (κ1) is 18.3. The Kier molecular flexibility index (Phi) is 5.62. The van der Waals surface area contributed by atoms with Crippen LogP contribution in [0.5, 0.6) is 5.88 Å². The van der Waals surface area contributed by atoms with Crippen molar-refractivity contribution in [3.05, 3.63) is 69.4 Å². The summed E-state index contributed by atoms with van der Waals surface area (Å²) >= 11 is 5.91. The summed E-state index contributed by atoms with van der Waals surface area (Å²) in [6.07, 6.45) is 1.54. The molecule has 2 heterocycles. The molecule has 1 aromatic carbocycles. The Bertz CT molecular complexity index is 944. The fraction of sp³-hybridized carbons (Fsp3) is 0.118. The number of benzene rings is 1. The van der Waals surface area contributed by atoms with Gasteiger partial charge in [-0.1, -0.05) is 11.6 Å². The van der Waals surface area contributed by atoms with Crippen molar-refractivity contribution in [2.24, 2.45) is 0 Å². The lowest BCUT2D eigenvalue weighted by atomic mass is 10.2. The molecule has 0 atom stereocenters. The van der Waals surface area contributed by atoms with Gasteiger partial charge < -0.3 is 14.5 Å². The Hall–Kier alpha value is -3.46. The van der Waals surface area contributed by atoms with Gasteiger partial charge in [-0.3, -0.25) is 14.9 Å². The third kappa shape index (κ3) is 4.59. The molecular formula is C17H13ClN4O5. The minimum Gasteiger partial charge on any atom is -0.475 e. The number of nitrogens with zero attached hydrogens (tertiary/aromatic N) is 3. The zero-order valence-corrected chi connectivity index (χ0v) is 14.5. The highest BCUT2D eigenvalue weighted by atomic mass is 35.5. The SMILES string of the molecule is O=C(NCCOc1ccc(-c2ccco2)nn1)c1ccc([N+](=O)[O-])cc1Cl. The number of carbonyl (C=O) groups is 1. The van der Waals surface area contributed by atoms with Crippen LogP contribution < -0.4 is 10.1 Å². The van der Waals surface area contributed by atoms with Gasteiger partial charge in [0.05, 0.1) is 28.3 Å². The molecule has 138 valence electrons. The van der Waals surface area contributed by atoms with Gasteiger partial charge in [-0.05, 0) is 24.3 Å². The number of nitro benzene ring substituents is 1. The molecule has 0 aliphatic heterocycles. The maximum atomic E-state index is 12.1. The van der Waals surface area contributed by atoms with Crippen LogP contribution in [0.25, 0.3) is 11.5 Å². The number of carbonyl (C=O) groups excluding carboxylic acids is 1. The Morgan fingerprint density at radius 3 is 2.74 bits per heavy atom. The molecule has 0 spiro atoms. The summed E-state index contributed by atoms with van der Waals surface area (Å²) in [6.45, 7) is 0.346. The second-order valence-corrected chi connectivity index (χ2v) is 5.67. The van der Waals surface area contributed by atoms with Crippen LogP contribution in [0.1, 0.15) is 10.4 Å². The van der Waals surface area contributed by atoms with Crippen LogP contribution in [0.3, 0.4) is 0 Å². The third-order valence-electron chi connectivity index (χ3n) is 3.46. The van der Waals surface area contributed by atoms with Gasteiger partial charge in [-0.2, -0.15) is 0 Å². The Morgan fingerprint density at radius 2 is 2.11 bits per heavy atom. The van der Waals surface area contributed by atoms with E-state index in [1.54, 1.807) is 30.5 Å². The van der Waals surface area contributed by atoms with E-state index < -0.39 is 10.8 Å². The molecule has 0 saturated heterocycles. The molecule has 1 N–H and O–H groups in total. The molecule has 0 fully saturated rings. The van der Waals surface area contributed by atoms with Gasteiger partial charge in [0, 0.05) is 18.2 Å². The molecule has 0 saturated carbocycles. The number of amides is 1. The van der Waals surface area contributed by atoms with E-state index in [1.165, 1.54) is 12.1 Å². The van der Waals surface area contributed by atoms with Gasteiger partial charge in [0.1, 0.15) is 12.3 Å². The van der Waals surface area contributed by atoms with Crippen LogP contribution in [0.2, 0.25) is 5.02 Å². The molecule has 0 radical (unpaired) electrons. The topological polar surface area (TPSA) is 120 Å². The van der Waals surface area contributed by atoms with Crippen LogP contribution in [0.4, 0.5) is 5.69 Å². The van der Waals surface area contributed by atoms with Gasteiger partial charge in [0.15, 0.2) is 5.76 Å². The fourth-order valence-electron chi connectivity index (χ4n) is 2.17. The van der Waals surface area contributed by atoms with Crippen LogP contribution in [0.15, 0.2) is 53.1 Å². The predicted molar refractivity (Wildman–Crippen MR) is 95.7 cm³/mol. The number of non-ortho nitro benzene ring substituents is 1. The van der Waals surface area contributed by atoms with Gasteiger partial charge in [0.2, 0.25) is 5.88 Å². The second-order valence-electron chi connectivity index (χ2n) is 5.26. The number of nitro groups is 1. The number of nitrogens with one attached hydrogen (secondary N) is 1. The second kappa shape index (κ2) is 8.28. The van der Waals surface area contributed by atoms with Crippen molar-refractivity contribution < 1.29 is 18.9 Å². The lowest BCUT2D eigenvalue weighted by Gasteiger charge is -2.08. The van der Waals surface area contributed by atoms with E-state index >= 15 is 0 Å². The van der Waals surface area contributed by atoms with Crippen LogP contribution in [-0.2, 0) is 0 Å². The van der Waals surface area contributed by atoms with Gasteiger partial charge >= 0.3 is 0 Å². The number of furan rings is 1. The van der Waals surface area contributed by atoms with E-state index in [0.29, 0.717) is 17.3 Å². The first-order chi connectivity index (χ1) is 13.0. The molecule has 1 amide bonds. The minimum atomic E-state index is -0.584. The van der Waals surface area contributed by atoms with E-state index in [1.807, 2.05) is 0 Å². The highest BCUT2D eigenvalue weighted by molar-refractivity contribution is 6.34. The van der Waals surface area contributed by atoms with Gasteiger partial charge in [0.25, 0.3) is 11.6 Å². The minimum absolute atomic E-state index is 0.00185. The molecule has 10 heteroatoms. The Morgan fingerprint density at radius 1 is 1.26 bits per heavy atom. The molecular weight excluding hydrogens is 376 g/mol. The average molecular weight is 389 g/mol. The van der Waals surface area contributed by atoms with Gasteiger partial charge in [-0.15, -0.1) is 10.2 Å². The number of halogens is 1. The highest BCUT2D eigenvalue weighted by Gasteiger charge is 2.14. The van der Waals surface area contributed by atoms with Crippen molar-refractivity contribution in [2.45, 2.75) is 0 Å². The summed E-state index contributed by atoms with van der Waals surface area (Å²) in [7, 11) is 0. The molecule has 9 nitrogen and oxygen atoms in total. The van der Waals surface area contributed by atoms with Crippen molar-refractivity contribution in [3.63, 3.8) is 0 Å². The van der Waals surface area contributed by atoms with Crippen molar-refractivity contribution in [3.8, 4) is 17.3 Å². The maximum Gasteiger partial charge on any atom is 0.270 e. The number of ether oxygens (including phenoxy) is 1. The van der Waals surface area contributed by atoms with E-state index in [9.17, 15) is 14.9 Å². The lowest BCUT2D eigenvalue weighted by molar-refractivity contribution is -0.384. The number of hydrogen-bond donors (Lipinski definition) is 1. The van der Waals surface area contributed by atoms with E-state index in [-0.39, 0.29) is 29.4 Å². The Labute approximate surface area is 158 Å². The van der Waals surface area contributed by atoms with Crippen molar-refractivity contribution in [2.75, 3.05) is 13.2 Å². The number of rotatable bonds is 7. The van der Waals surface area contributed by atoms with Crippen LogP contribution in [0, 0.1) is 10.1 Å². The maximum absolute atomic E-state index is 12.1. The van der Waals surface area contributed by atoms with Gasteiger partial charge in [-0.25, -0.2) is 0 Å². The first-order valence-corrected chi connectivity index (χ1v) is 8.15. The number of aromatic nitrogens is 2. The van der Waals surface area contributed by atoms with E-state index in [2.05, 4.69) is 15.5 Å². The number of hydrogen-bond acceptors (Lipinski definition) is 7. The summed E-state index contributed by atoms with van der Waals surface area (Å²) < 4.78 is 10.6. The summed E-state index contributed by atoms with van der Waals surface area (Å²) in [5, 5.41) is 21.2. The van der Waals surface area contributed by atoms with E-state index in [4.69, 9.17) is 20.8 Å². The standard InChI is InChI=1S/C17H13ClN4O5/c18-13-10-11(22(24)25)3-4-12(13)17(23)19-7-9-27-16-6-5-14(20-21-16)15-2-1-8-26-15/h1-6,8,10H,7,9H2,(H,19,23). The molecule has 3 rings (SSSR count). The van der Waals surface area contributed by atoms with Crippen molar-refractivity contribution in [1.82, 2.24) is 15.5 Å². The summed E-state index contributed by atoms with van der Waals surface area (Å²) in [4.78, 5) is 22.2. The smallest absolute Gasteiger partial charge is 0.270 e. The molecule has 3 aromatic rings. The zero-order chi connectivity index (χ0) is 19.2. The quantitative estimate of drug-likeness (QED) is 0.375. The highest BCUT2D eigenvalue weighted by Crippen LogP contribution is 2.22. The zero-order valence-electron chi connectivity index (χ0n) is 13.8. The van der Waals surface area contributed by atoms with Crippen LogP contribution in [-0.4, -0.2) is 34.2 Å². The molecule has 27 heavy (non-hydrogen) atoms. The molecule has 0 bridgehead atoms. The monoisotopic (exact) mass is 388 g/mol. The first-order valence-electron chi connectivity index (χ1n) is 7.77. The molecule has 0 aliphatic rings. The largest absolute Gasteiger partial charge is 0.475 e. The summed E-state index contributed by atoms with van der Waals surface area (Å²) in [5.41, 5.74) is 0.537. The van der Waals surface area contributed by atoms with Crippen molar-refractivity contribution in [1.29, 1.82) is 0 Å². The summed E-state index contributed by atoms with van der Waals surface area (Å²) in [5.74, 6) is 0.437. The fourth-order valence-corrected chi connectivity index (χ4v) is 2.43. The van der Waals surface area contributed by atoms with E-state index in [0.717, 1.165) is 6.07 Å². The van der Waals surface area contributed by atoms with Crippen LogP contribution >= 0.6 is 11.6 Å². The third-order valence-corrected chi connectivity index (χ3v) is 3.77. The Balaban J connectivity index is 1.48. The average Bonchev–Trinajstić information content (AvgIpc) is 3.20. The lowest BCUT2D eigenvalue weighted by Crippen LogP contribution is -2.28. The predicted octanol–water partition coefficient (Wildman–Crippen LogP) is 3.11. The normalized spacial score (nSPS) is 10.4.